The third kappa shape index (κ3) is 3.02. The first-order valence-corrected chi connectivity index (χ1v) is 6.76. The van der Waals surface area contributed by atoms with Gasteiger partial charge in [-0.15, -0.1) is 0 Å². The van der Waals surface area contributed by atoms with Gasteiger partial charge in [0.05, 0.1) is 0 Å². The van der Waals surface area contributed by atoms with Crippen molar-refractivity contribution in [2.45, 2.75) is 39.0 Å². The summed E-state index contributed by atoms with van der Waals surface area (Å²) in [6, 6.07) is 8.39. The van der Waals surface area contributed by atoms with Crippen LogP contribution in [0.25, 0.3) is 0 Å². The molecule has 1 heterocycles. The highest BCUT2D eigenvalue weighted by molar-refractivity contribution is 6.30. The predicted octanol–water partition coefficient (Wildman–Crippen LogP) is 4.01. The van der Waals surface area contributed by atoms with E-state index < -0.39 is 0 Å². The lowest BCUT2D eigenvalue weighted by Crippen LogP contribution is -2.57. The molecule has 1 saturated heterocycles. The third-order valence-corrected chi connectivity index (χ3v) is 3.99. The van der Waals surface area contributed by atoms with E-state index in [0.29, 0.717) is 10.8 Å². The Hall–Kier alpha value is -0.530. The van der Waals surface area contributed by atoms with Crippen molar-refractivity contribution in [1.82, 2.24) is 5.32 Å². The van der Waals surface area contributed by atoms with Gasteiger partial charge in [-0.1, -0.05) is 44.5 Å². The molecule has 94 valence electrons. The first-order chi connectivity index (χ1) is 7.91. The molecule has 2 heteroatoms. The van der Waals surface area contributed by atoms with Crippen LogP contribution in [0, 0.1) is 5.41 Å². The monoisotopic (exact) mass is 251 g/mol. The van der Waals surface area contributed by atoms with E-state index in [1.165, 1.54) is 18.4 Å². The molecule has 2 rings (SSSR count). The Kier molecular flexibility index (Phi) is 3.51. The minimum Gasteiger partial charge on any atom is -0.315 e. The second-order valence-corrected chi connectivity index (χ2v) is 6.89. The summed E-state index contributed by atoms with van der Waals surface area (Å²) in [7, 11) is 0. The first-order valence-electron chi connectivity index (χ1n) is 6.38. The van der Waals surface area contributed by atoms with Gasteiger partial charge in [-0.3, -0.25) is 0 Å². The summed E-state index contributed by atoms with van der Waals surface area (Å²) in [5, 5.41) is 4.24. The fraction of sp³-hybridized carbons (Fsp3) is 0.600. The molecule has 0 spiro atoms. The van der Waals surface area contributed by atoms with Gasteiger partial charge in [0, 0.05) is 23.5 Å². The maximum atomic E-state index is 5.96. The molecular formula is C15H22ClN. The van der Waals surface area contributed by atoms with Crippen LogP contribution in [0.15, 0.2) is 24.3 Å². The van der Waals surface area contributed by atoms with Crippen molar-refractivity contribution in [3.8, 4) is 0 Å². The molecule has 1 N–H and O–H groups in total. The summed E-state index contributed by atoms with van der Waals surface area (Å²) in [4.78, 5) is 0. The molecular weight excluding hydrogens is 230 g/mol. The van der Waals surface area contributed by atoms with Gasteiger partial charge in [-0.2, -0.15) is 0 Å². The summed E-state index contributed by atoms with van der Waals surface area (Å²) >= 11 is 5.96. The van der Waals surface area contributed by atoms with Gasteiger partial charge in [-0.05, 0) is 36.0 Å². The molecule has 1 aliphatic heterocycles. The molecule has 1 aliphatic rings. The maximum absolute atomic E-state index is 5.96. The summed E-state index contributed by atoms with van der Waals surface area (Å²) in [5.41, 5.74) is 2.19. The molecule has 1 fully saturated rings. The topological polar surface area (TPSA) is 12.0 Å². The van der Waals surface area contributed by atoms with Crippen LogP contribution < -0.4 is 5.32 Å². The van der Waals surface area contributed by atoms with E-state index >= 15 is 0 Å². The molecule has 0 bridgehead atoms. The number of benzene rings is 1. The Morgan fingerprint density at radius 2 is 1.76 bits per heavy atom. The Bertz CT molecular complexity index is 371. The maximum Gasteiger partial charge on any atom is 0.0406 e. The summed E-state index contributed by atoms with van der Waals surface area (Å²) < 4.78 is 0. The summed E-state index contributed by atoms with van der Waals surface area (Å²) in [5.74, 6) is 0. The van der Waals surface area contributed by atoms with Crippen molar-refractivity contribution in [3.63, 3.8) is 0 Å². The molecule has 0 saturated carbocycles. The van der Waals surface area contributed by atoms with Crippen LogP contribution in [-0.4, -0.2) is 13.1 Å². The van der Waals surface area contributed by atoms with Crippen LogP contribution in [0.3, 0.4) is 0 Å². The molecule has 0 atom stereocenters. The number of hydrogen-bond acceptors (Lipinski definition) is 1. The fourth-order valence-electron chi connectivity index (χ4n) is 2.37. The molecule has 0 aliphatic carbocycles. The molecule has 1 aromatic carbocycles. The van der Waals surface area contributed by atoms with E-state index in [2.05, 4.69) is 38.2 Å². The number of nitrogens with one attached hydrogen (secondary N) is 1. The Labute approximate surface area is 110 Å². The third-order valence-electron chi connectivity index (χ3n) is 3.74. The van der Waals surface area contributed by atoms with Gasteiger partial charge in [0.1, 0.15) is 0 Å². The van der Waals surface area contributed by atoms with Gasteiger partial charge in [0.2, 0.25) is 0 Å². The average Bonchev–Trinajstić information content (AvgIpc) is 2.17. The van der Waals surface area contributed by atoms with Crippen LogP contribution in [0.1, 0.15) is 39.2 Å². The number of rotatable bonds is 3. The van der Waals surface area contributed by atoms with Gasteiger partial charge in [0.25, 0.3) is 0 Å². The van der Waals surface area contributed by atoms with Crippen LogP contribution in [0.5, 0.6) is 0 Å². The Balaban J connectivity index is 2.11. The molecule has 1 aromatic rings. The standard InChI is InChI=1S/C15H22ClN/c1-14(2,3)8-9-15(10-17-11-15)12-4-6-13(16)7-5-12/h4-7,17H,8-11H2,1-3H3. The van der Waals surface area contributed by atoms with Gasteiger partial charge in [-0.25, -0.2) is 0 Å². The van der Waals surface area contributed by atoms with E-state index in [4.69, 9.17) is 11.6 Å². The highest BCUT2D eigenvalue weighted by atomic mass is 35.5. The van der Waals surface area contributed by atoms with Crippen molar-refractivity contribution in [1.29, 1.82) is 0 Å². The van der Waals surface area contributed by atoms with E-state index in [1.54, 1.807) is 0 Å². The summed E-state index contributed by atoms with van der Waals surface area (Å²) in [6.07, 6.45) is 2.52. The van der Waals surface area contributed by atoms with E-state index in [0.717, 1.165) is 18.1 Å². The Morgan fingerprint density at radius 1 is 1.18 bits per heavy atom. The highest BCUT2D eigenvalue weighted by Gasteiger charge is 2.38. The zero-order valence-electron chi connectivity index (χ0n) is 11.0. The first kappa shape index (κ1) is 12.9. The van der Waals surface area contributed by atoms with Crippen LogP contribution >= 0.6 is 11.6 Å². The normalized spacial score (nSPS) is 18.8. The van der Waals surface area contributed by atoms with Crippen molar-refractivity contribution in [3.05, 3.63) is 34.9 Å². The van der Waals surface area contributed by atoms with Crippen molar-refractivity contribution < 1.29 is 0 Å². The van der Waals surface area contributed by atoms with E-state index in [9.17, 15) is 0 Å². The predicted molar refractivity (Wildman–Crippen MR) is 74.7 cm³/mol. The minimum absolute atomic E-state index is 0.345. The largest absolute Gasteiger partial charge is 0.315 e. The SMILES string of the molecule is CC(C)(C)CCC1(c2ccc(Cl)cc2)CNC1. The molecule has 17 heavy (non-hydrogen) atoms. The second kappa shape index (κ2) is 4.62. The minimum atomic E-state index is 0.345. The van der Waals surface area contributed by atoms with Crippen LogP contribution in [0.4, 0.5) is 0 Å². The lowest BCUT2D eigenvalue weighted by atomic mass is 9.69. The smallest absolute Gasteiger partial charge is 0.0406 e. The zero-order valence-corrected chi connectivity index (χ0v) is 11.8. The van der Waals surface area contributed by atoms with Gasteiger partial charge < -0.3 is 5.32 Å². The lowest BCUT2D eigenvalue weighted by Gasteiger charge is -2.44. The van der Waals surface area contributed by atoms with Gasteiger partial charge in [0.15, 0.2) is 0 Å². The average molecular weight is 252 g/mol. The molecule has 0 unspecified atom stereocenters. The quantitative estimate of drug-likeness (QED) is 0.856. The molecule has 1 nitrogen and oxygen atoms in total. The Morgan fingerprint density at radius 3 is 2.18 bits per heavy atom. The van der Waals surface area contributed by atoms with Crippen molar-refractivity contribution >= 4 is 11.6 Å². The lowest BCUT2D eigenvalue weighted by molar-refractivity contribution is 0.216. The number of halogens is 1. The second-order valence-electron chi connectivity index (χ2n) is 6.45. The molecule has 0 aromatic heterocycles. The molecule has 0 radical (unpaired) electrons. The fourth-order valence-corrected chi connectivity index (χ4v) is 2.50. The van der Waals surface area contributed by atoms with E-state index in [-0.39, 0.29) is 0 Å². The van der Waals surface area contributed by atoms with Gasteiger partial charge >= 0.3 is 0 Å². The highest BCUT2D eigenvalue weighted by Crippen LogP contribution is 2.37. The number of hydrogen-bond donors (Lipinski definition) is 1. The zero-order chi connectivity index (χ0) is 12.5. The van der Waals surface area contributed by atoms with Crippen LogP contribution in [-0.2, 0) is 5.41 Å². The van der Waals surface area contributed by atoms with Crippen molar-refractivity contribution in [2.75, 3.05) is 13.1 Å². The van der Waals surface area contributed by atoms with Crippen LogP contribution in [0.2, 0.25) is 5.02 Å². The van der Waals surface area contributed by atoms with Crippen molar-refractivity contribution in [2.24, 2.45) is 5.41 Å². The van der Waals surface area contributed by atoms with E-state index in [1.807, 2.05) is 12.1 Å². The molecule has 0 amide bonds. The summed E-state index contributed by atoms with van der Waals surface area (Å²) in [6.45, 7) is 9.15.